The highest BCUT2D eigenvalue weighted by Crippen LogP contribution is 2.24. The van der Waals surface area contributed by atoms with Crippen LogP contribution in [0.1, 0.15) is 32.3 Å². The first-order chi connectivity index (χ1) is 16.1. The summed E-state index contributed by atoms with van der Waals surface area (Å²) in [6, 6.07) is 13.6. The van der Waals surface area contributed by atoms with Crippen molar-refractivity contribution < 1.29 is 22.7 Å². The monoisotopic (exact) mass is 553 g/mol. The number of sulfonamides is 1. The Bertz CT molecular complexity index is 1080. The number of hydrogen-bond donors (Lipinski definition) is 1. The molecule has 0 aliphatic heterocycles. The smallest absolute Gasteiger partial charge is 0.242 e. The molecule has 2 aromatic rings. The lowest BCUT2D eigenvalue weighted by Gasteiger charge is -2.29. The third kappa shape index (κ3) is 8.02. The summed E-state index contributed by atoms with van der Waals surface area (Å²) < 4.78 is 32.2. The molecule has 0 aromatic heterocycles. The van der Waals surface area contributed by atoms with E-state index in [4.69, 9.17) is 4.74 Å². The first-order valence-corrected chi connectivity index (χ1v) is 13.6. The molecular formula is C24H32BrN3O5S. The van der Waals surface area contributed by atoms with Crippen molar-refractivity contribution >= 4 is 43.5 Å². The van der Waals surface area contributed by atoms with Crippen molar-refractivity contribution in [2.24, 2.45) is 0 Å². The van der Waals surface area contributed by atoms with E-state index < -0.39 is 16.1 Å². The number of hydrogen-bond acceptors (Lipinski definition) is 5. The summed E-state index contributed by atoms with van der Waals surface area (Å²) in [7, 11) is -2.05. The van der Waals surface area contributed by atoms with Crippen LogP contribution in [0.25, 0.3) is 0 Å². The standard InChI is InChI=1S/C24H32BrN3O5S/c1-5-26-24(30)18(2)27(17-19-11-13-20(25)14-12-19)23(29)10-7-15-28(34(4,31)32)21-8-6-9-22(16-21)33-3/h6,8-9,11-14,16,18H,5,7,10,15,17H2,1-4H3,(H,26,30). The predicted molar refractivity (Wildman–Crippen MR) is 137 cm³/mol. The quantitative estimate of drug-likeness (QED) is 0.433. The van der Waals surface area contributed by atoms with Crippen molar-refractivity contribution in [1.29, 1.82) is 0 Å². The van der Waals surface area contributed by atoms with Crippen LogP contribution in [0.3, 0.4) is 0 Å². The van der Waals surface area contributed by atoms with E-state index in [2.05, 4.69) is 21.2 Å². The summed E-state index contributed by atoms with van der Waals surface area (Å²) in [6.07, 6.45) is 1.52. The van der Waals surface area contributed by atoms with E-state index in [0.29, 0.717) is 24.4 Å². The molecular weight excluding hydrogens is 522 g/mol. The molecule has 0 saturated carbocycles. The molecule has 0 bridgehead atoms. The third-order valence-corrected chi connectivity index (χ3v) is 7.00. The largest absolute Gasteiger partial charge is 0.497 e. The normalized spacial score (nSPS) is 12.0. The van der Waals surface area contributed by atoms with E-state index in [0.717, 1.165) is 16.3 Å². The van der Waals surface area contributed by atoms with E-state index in [9.17, 15) is 18.0 Å². The molecule has 2 rings (SSSR count). The fourth-order valence-electron chi connectivity index (χ4n) is 3.46. The van der Waals surface area contributed by atoms with Crippen molar-refractivity contribution in [3.8, 4) is 5.75 Å². The number of rotatable bonds is 12. The number of nitrogens with zero attached hydrogens (tertiary/aromatic N) is 2. The van der Waals surface area contributed by atoms with Gasteiger partial charge < -0.3 is 15.0 Å². The van der Waals surface area contributed by atoms with Gasteiger partial charge in [-0.1, -0.05) is 34.1 Å². The molecule has 34 heavy (non-hydrogen) atoms. The van der Waals surface area contributed by atoms with Crippen molar-refractivity contribution in [3.63, 3.8) is 0 Å². The molecule has 2 aromatic carbocycles. The number of likely N-dealkylation sites (N-methyl/N-ethyl adjacent to an activating group) is 1. The van der Waals surface area contributed by atoms with E-state index in [-0.39, 0.29) is 31.3 Å². The van der Waals surface area contributed by atoms with Crippen LogP contribution in [0, 0.1) is 0 Å². The molecule has 2 amide bonds. The summed E-state index contributed by atoms with van der Waals surface area (Å²) in [4.78, 5) is 27.2. The average Bonchev–Trinajstić information content (AvgIpc) is 2.80. The molecule has 1 N–H and O–H groups in total. The molecule has 186 valence electrons. The van der Waals surface area contributed by atoms with E-state index >= 15 is 0 Å². The zero-order valence-corrected chi connectivity index (χ0v) is 22.4. The molecule has 1 atom stereocenters. The number of carbonyl (C=O) groups excluding carboxylic acids is 2. The first kappa shape index (κ1) is 27.7. The fourth-order valence-corrected chi connectivity index (χ4v) is 4.68. The Morgan fingerprint density at radius 3 is 2.41 bits per heavy atom. The number of benzene rings is 2. The summed E-state index contributed by atoms with van der Waals surface area (Å²) in [5.74, 6) is 0.0848. The molecule has 0 radical (unpaired) electrons. The van der Waals surface area contributed by atoms with Gasteiger partial charge in [-0.15, -0.1) is 0 Å². The zero-order chi connectivity index (χ0) is 25.3. The number of anilines is 1. The average molecular weight is 555 g/mol. The maximum atomic E-state index is 13.2. The molecule has 0 heterocycles. The maximum Gasteiger partial charge on any atom is 0.242 e. The van der Waals surface area contributed by atoms with Crippen LogP contribution < -0.4 is 14.4 Å². The van der Waals surface area contributed by atoms with Gasteiger partial charge in [-0.25, -0.2) is 8.42 Å². The molecule has 8 nitrogen and oxygen atoms in total. The molecule has 0 saturated heterocycles. The molecule has 0 aliphatic rings. The summed E-state index contributed by atoms with van der Waals surface area (Å²) in [5, 5.41) is 2.76. The summed E-state index contributed by atoms with van der Waals surface area (Å²) in [6.45, 7) is 4.38. The van der Waals surface area contributed by atoms with Crippen LogP contribution in [0.2, 0.25) is 0 Å². The molecule has 0 aliphatic carbocycles. The second-order valence-corrected chi connectivity index (χ2v) is 10.7. The van der Waals surface area contributed by atoms with E-state index in [1.54, 1.807) is 31.2 Å². The highest BCUT2D eigenvalue weighted by molar-refractivity contribution is 9.10. The topological polar surface area (TPSA) is 96.0 Å². The number of ether oxygens (including phenoxy) is 1. The van der Waals surface area contributed by atoms with Crippen LogP contribution in [0.15, 0.2) is 53.0 Å². The Hall–Kier alpha value is -2.59. The van der Waals surface area contributed by atoms with Crippen LogP contribution in [-0.4, -0.2) is 57.6 Å². The minimum Gasteiger partial charge on any atom is -0.497 e. The van der Waals surface area contributed by atoms with Crippen molar-refractivity contribution in [1.82, 2.24) is 10.2 Å². The molecule has 0 spiro atoms. The Morgan fingerprint density at radius 1 is 1.15 bits per heavy atom. The lowest BCUT2D eigenvalue weighted by Crippen LogP contribution is -2.47. The first-order valence-electron chi connectivity index (χ1n) is 11.0. The van der Waals surface area contributed by atoms with Gasteiger partial charge in [-0.05, 0) is 50.1 Å². The number of amides is 2. The summed E-state index contributed by atoms with van der Waals surface area (Å²) >= 11 is 3.40. The number of nitrogens with one attached hydrogen (secondary N) is 1. The Morgan fingerprint density at radius 2 is 1.82 bits per heavy atom. The van der Waals surface area contributed by atoms with Crippen molar-refractivity contribution in [3.05, 3.63) is 58.6 Å². The lowest BCUT2D eigenvalue weighted by atomic mass is 10.1. The molecule has 10 heteroatoms. The molecule has 1 unspecified atom stereocenters. The molecule has 0 fully saturated rings. The zero-order valence-electron chi connectivity index (χ0n) is 20.0. The van der Waals surface area contributed by atoms with Crippen LogP contribution in [-0.2, 0) is 26.2 Å². The van der Waals surface area contributed by atoms with Gasteiger partial charge in [0.25, 0.3) is 0 Å². The minimum absolute atomic E-state index is 0.0935. The summed E-state index contributed by atoms with van der Waals surface area (Å²) in [5.41, 5.74) is 1.36. The van der Waals surface area contributed by atoms with Gasteiger partial charge in [-0.2, -0.15) is 0 Å². The fraction of sp³-hybridized carbons (Fsp3) is 0.417. The van der Waals surface area contributed by atoms with Gasteiger partial charge in [0.05, 0.1) is 19.1 Å². The van der Waals surface area contributed by atoms with Crippen LogP contribution >= 0.6 is 15.9 Å². The van der Waals surface area contributed by atoms with E-state index in [1.807, 2.05) is 31.2 Å². The van der Waals surface area contributed by atoms with Gasteiger partial charge in [0.2, 0.25) is 21.8 Å². The van der Waals surface area contributed by atoms with Gasteiger partial charge in [0.15, 0.2) is 0 Å². The second-order valence-electron chi connectivity index (χ2n) is 7.86. The number of halogens is 1. The number of methoxy groups -OCH3 is 1. The Kier molecular flexibility index (Phi) is 10.4. The van der Waals surface area contributed by atoms with Gasteiger partial charge in [0.1, 0.15) is 11.8 Å². The van der Waals surface area contributed by atoms with Crippen molar-refractivity contribution in [2.45, 2.75) is 39.3 Å². The number of carbonyl (C=O) groups is 2. The lowest BCUT2D eigenvalue weighted by molar-refractivity contribution is -0.140. The van der Waals surface area contributed by atoms with E-state index in [1.165, 1.54) is 16.3 Å². The maximum absolute atomic E-state index is 13.2. The SMILES string of the molecule is CCNC(=O)C(C)N(Cc1ccc(Br)cc1)C(=O)CCCN(c1cccc(OC)c1)S(C)(=O)=O. The predicted octanol–water partition coefficient (Wildman–Crippen LogP) is 3.56. The minimum atomic E-state index is -3.57. The van der Waals surface area contributed by atoms with Crippen molar-refractivity contribution in [2.75, 3.05) is 30.8 Å². The van der Waals surface area contributed by atoms with Gasteiger partial charge in [-0.3, -0.25) is 13.9 Å². The highest BCUT2D eigenvalue weighted by atomic mass is 79.9. The van der Waals surface area contributed by atoms with Crippen LogP contribution in [0.4, 0.5) is 5.69 Å². The second kappa shape index (κ2) is 12.8. The van der Waals surface area contributed by atoms with Gasteiger partial charge >= 0.3 is 0 Å². The van der Waals surface area contributed by atoms with Gasteiger partial charge in [0, 0.05) is 36.6 Å². The Labute approximate surface area is 210 Å². The highest BCUT2D eigenvalue weighted by Gasteiger charge is 2.26. The third-order valence-electron chi connectivity index (χ3n) is 5.28. The Balaban J connectivity index is 2.15. The van der Waals surface area contributed by atoms with Crippen LogP contribution in [0.5, 0.6) is 5.75 Å².